The van der Waals surface area contributed by atoms with E-state index in [-0.39, 0.29) is 30.2 Å². The molecule has 0 N–H and O–H groups in total. The number of carbonyl (C=O) groups excluding carboxylic acids is 3. The first-order chi connectivity index (χ1) is 14.2. The van der Waals surface area contributed by atoms with E-state index in [2.05, 4.69) is 13.8 Å². The lowest BCUT2D eigenvalue weighted by Gasteiger charge is -2.33. The van der Waals surface area contributed by atoms with Crippen LogP contribution >= 0.6 is 0 Å². The molecule has 1 aliphatic heterocycles. The van der Waals surface area contributed by atoms with Crippen molar-refractivity contribution in [1.29, 1.82) is 0 Å². The number of amides is 2. The van der Waals surface area contributed by atoms with E-state index in [1.807, 2.05) is 24.3 Å². The second-order valence-electron chi connectivity index (χ2n) is 8.11. The molecule has 166 valence electrons. The fourth-order valence-electron chi connectivity index (χ4n) is 3.55. The average Bonchev–Trinajstić information content (AvgIpc) is 2.73. The number of nitrogens with zero attached hydrogens (tertiary/aromatic N) is 2. The van der Waals surface area contributed by atoms with E-state index in [1.54, 1.807) is 25.8 Å². The van der Waals surface area contributed by atoms with Gasteiger partial charge in [0.25, 0.3) is 5.91 Å². The number of piperidine rings is 1. The lowest BCUT2D eigenvalue weighted by Crippen LogP contribution is -2.48. The van der Waals surface area contributed by atoms with E-state index in [9.17, 15) is 14.4 Å². The van der Waals surface area contributed by atoms with Crippen LogP contribution in [0.4, 0.5) is 0 Å². The molecule has 2 amide bonds. The van der Waals surface area contributed by atoms with Crippen molar-refractivity contribution in [2.75, 3.05) is 33.3 Å². The van der Waals surface area contributed by atoms with Gasteiger partial charge in [-0.05, 0) is 50.3 Å². The second-order valence-corrected chi connectivity index (χ2v) is 8.11. The molecule has 7 heteroatoms. The zero-order valence-electron chi connectivity index (χ0n) is 18.7. The van der Waals surface area contributed by atoms with Gasteiger partial charge in [0.15, 0.2) is 6.10 Å². The Morgan fingerprint density at radius 3 is 2.63 bits per heavy atom. The quantitative estimate of drug-likeness (QED) is 0.607. The predicted molar refractivity (Wildman–Crippen MR) is 114 cm³/mol. The fraction of sp³-hybridized carbons (Fsp3) is 0.609. The minimum absolute atomic E-state index is 0.0475. The Bertz CT molecular complexity index is 749. The monoisotopic (exact) mass is 418 g/mol. The fourth-order valence-corrected chi connectivity index (χ4v) is 3.55. The highest BCUT2D eigenvalue weighted by molar-refractivity contribution is 5.87. The van der Waals surface area contributed by atoms with Crippen LogP contribution in [0.2, 0.25) is 0 Å². The van der Waals surface area contributed by atoms with Gasteiger partial charge in [-0.2, -0.15) is 0 Å². The summed E-state index contributed by atoms with van der Waals surface area (Å²) in [6.45, 7) is 8.86. The summed E-state index contributed by atoms with van der Waals surface area (Å²) in [5.41, 5.74) is 1.14. The van der Waals surface area contributed by atoms with Crippen LogP contribution in [0.25, 0.3) is 0 Å². The number of esters is 1. The number of benzene rings is 1. The van der Waals surface area contributed by atoms with Gasteiger partial charge in [0.05, 0.1) is 19.1 Å². The lowest BCUT2D eigenvalue weighted by molar-refractivity contribution is -0.152. The molecule has 1 aromatic rings. The minimum Gasteiger partial charge on any atom is -0.481 e. The molecule has 1 saturated heterocycles. The molecule has 2 atom stereocenters. The van der Waals surface area contributed by atoms with Crippen molar-refractivity contribution in [2.45, 2.75) is 52.6 Å². The van der Waals surface area contributed by atoms with Crippen LogP contribution in [-0.2, 0) is 19.1 Å². The highest BCUT2D eigenvalue weighted by Gasteiger charge is 2.30. The molecular formula is C23H34N2O5. The summed E-state index contributed by atoms with van der Waals surface area (Å²) in [6, 6.07) is 7.69. The number of carbonyl (C=O) groups is 3. The molecular weight excluding hydrogens is 384 g/mol. The van der Waals surface area contributed by atoms with Crippen LogP contribution in [0.3, 0.4) is 0 Å². The van der Waals surface area contributed by atoms with E-state index >= 15 is 0 Å². The molecule has 0 bridgehead atoms. The number of hydrogen-bond donors (Lipinski definition) is 0. The van der Waals surface area contributed by atoms with E-state index < -0.39 is 6.10 Å². The van der Waals surface area contributed by atoms with Crippen molar-refractivity contribution in [2.24, 2.45) is 5.92 Å². The van der Waals surface area contributed by atoms with E-state index in [0.717, 1.165) is 18.4 Å². The van der Waals surface area contributed by atoms with Gasteiger partial charge in [0, 0.05) is 20.1 Å². The SMILES string of the molecule is CCOC(=O)C1CCCN(C(=O)CN(C)C(=O)C(C)Oc2cccc(C(C)C)c2)C1. The molecule has 1 aromatic carbocycles. The molecule has 0 spiro atoms. The summed E-state index contributed by atoms with van der Waals surface area (Å²) in [4.78, 5) is 40.4. The topological polar surface area (TPSA) is 76.2 Å². The van der Waals surface area contributed by atoms with E-state index in [0.29, 0.717) is 31.4 Å². The maximum absolute atomic E-state index is 12.7. The van der Waals surface area contributed by atoms with Gasteiger partial charge in [-0.15, -0.1) is 0 Å². The van der Waals surface area contributed by atoms with Crippen LogP contribution < -0.4 is 4.74 Å². The first kappa shape index (κ1) is 23.7. The molecule has 0 saturated carbocycles. The van der Waals surface area contributed by atoms with Crippen molar-refractivity contribution in [1.82, 2.24) is 9.80 Å². The Hall–Kier alpha value is -2.57. The van der Waals surface area contributed by atoms with Crippen molar-refractivity contribution in [3.63, 3.8) is 0 Å². The van der Waals surface area contributed by atoms with Gasteiger partial charge in [0.1, 0.15) is 5.75 Å². The molecule has 1 fully saturated rings. The Balaban J connectivity index is 1.90. The number of hydrogen-bond acceptors (Lipinski definition) is 5. The average molecular weight is 419 g/mol. The van der Waals surface area contributed by atoms with Gasteiger partial charge >= 0.3 is 5.97 Å². The number of rotatable bonds is 8. The van der Waals surface area contributed by atoms with Gasteiger partial charge in [-0.25, -0.2) is 0 Å². The summed E-state index contributed by atoms with van der Waals surface area (Å²) in [6.07, 6.45) is 0.759. The number of likely N-dealkylation sites (tertiary alicyclic amines) is 1. The van der Waals surface area contributed by atoms with E-state index in [1.165, 1.54) is 4.90 Å². The maximum Gasteiger partial charge on any atom is 0.310 e. The summed E-state index contributed by atoms with van der Waals surface area (Å²) >= 11 is 0. The van der Waals surface area contributed by atoms with Crippen LogP contribution in [-0.4, -0.2) is 67.0 Å². The Morgan fingerprint density at radius 2 is 1.97 bits per heavy atom. The Morgan fingerprint density at radius 1 is 1.23 bits per heavy atom. The Kier molecular flexibility index (Phi) is 8.69. The van der Waals surface area contributed by atoms with Gasteiger partial charge < -0.3 is 19.3 Å². The molecule has 0 radical (unpaired) electrons. The smallest absolute Gasteiger partial charge is 0.310 e. The van der Waals surface area contributed by atoms with Crippen molar-refractivity contribution in [3.05, 3.63) is 29.8 Å². The lowest BCUT2D eigenvalue weighted by atomic mass is 9.98. The zero-order chi connectivity index (χ0) is 22.3. The van der Waals surface area contributed by atoms with Gasteiger partial charge in [-0.3, -0.25) is 14.4 Å². The van der Waals surface area contributed by atoms with E-state index in [4.69, 9.17) is 9.47 Å². The third-order valence-electron chi connectivity index (χ3n) is 5.33. The summed E-state index contributed by atoms with van der Waals surface area (Å²) < 4.78 is 10.9. The van der Waals surface area contributed by atoms with Crippen molar-refractivity contribution in [3.8, 4) is 5.75 Å². The molecule has 30 heavy (non-hydrogen) atoms. The Labute approximate surface area is 179 Å². The standard InChI is InChI=1S/C23H34N2O5/c1-6-29-23(28)19-10-8-12-25(14-19)21(26)15-24(5)22(27)17(4)30-20-11-7-9-18(13-20)16(2)3/h7,9,11,13,16-17,19H,6,8,10,12,14-15H2,1-5H3. The summed E-state index contributed by atoms with van der Waals surface area (Å²) in [7, 11) is 1.59. The second kappa shape index (κ2) is 11.0. The predicted octanol–water partition coefficient (Wildman–Crippen LogP) is 2.84. The molecule has 0 aromatic heterocycles. The normalized spacial score (nSPS) is 17.4. The first-order valence-corrected chi connectivity index (χ1v) is 10.7. The summed E-state index contributed by atoms with van der Waals surface area (Å²) in [5, 5.41) is 0. The highest BCUT2D eigenvalue weighted by atomic mass is 16.5. The zero-order valence-corrected chi connectivity index (χ0v) is 18.7. The number of ether oxygens (including phenoxy) is 2. The molecule has 1 aliphatic rings. The largest absolute Gasteiger partial charge is 0.481 e. The first-order valence-electron chi connectivity index (χ1n) is 10.7. The third kappa shape index (κ3) is 6.47. The maximum atomic E-state index is 12.7. The third-order valence-corrected chi connectivity index (χ3v) is 5.33. The molecule has 2 unspecified atom stereocenters. The van der Waals surface area contributed by atoms with Crippen LogP contribution in [0.15, 0.2) is 24.3 Å². The number of likely N-dealkylation sites (N-methyl/N-ethyl adjacent to an activating group) is 1. The van der Waals surface area contributed by atoms with Gasteiger partial charge in [-0.1, -0.05) is 26.0 Å². The molecule has 7 nitrogen and oxygen atoms in total. The van der Waals surface area contributed by atoms with Gasteiger partial charge in [0.2, 0.25) is 5.91 Å². The minimum atomic E-state index is -0.709. The molecule has 2 rings (SSSR count). The van der Waals surface area contributed by atoms with Crippen LogP contribution in [0, 0.1) is 5.92 Å². The highest BCUT2D eigenvalue weighted by Crippen LogP contribution is 2.21. The van der Waals surface area contributed by atoms with Crippen LogP contribution in [0.5, 0.6) is 5.75 Å². The van der Waals surface area contributed by atoms with Crippen molar-refractivity contribution >= 4 is 17.8 Å². The summed E-state index contributed by atoms with van der Waals surface area (Å²) in [5.74, 6) is 0.00764. The molecule has 1 heterocycles. The van der Waals surface area contributed by atoms with Crippen molar-refractivity contribution < 1.29 is 23.9 Å². The molecule has 0 aliphatic carbocycles. The van der Waals surface area contributed by atoms with Crippen LogP contribution in [0.1, 0.15) is 52.0 Å².